The SMILES string of the molecule is C[C@@H](CO)NC(=O)Nc1cccc(C#N)c1. The molecule has 0 heterocycles. The lowest BCUT2D eigenvalue weighted by atomic mass is 10.2. The van der Waals surface area contributed by atoms with Crippen molar-refractivity contribution in [2.75, 3.05) is 11.9 Å². The lowest BCUT2D eigenvalue weighted by Gasteiger charge is -2.11. The van der Waals surface area contributed by atoms with E-state index in [0.29, 0.717) is 11.3 Å². The Hall–Kier alpha value is -2.06. The fraction of sp³-hybridized carbons (Fsp3) is 0.273. The smallest absolute Gasteiger partial charge is 0.319 e. The van der Waals surface area contributed by atoms with Crippen molar-refractivity contribution < 1.29 is 9.90 Å². The molecule has 0 aliphatic heterocycles. The zero-order chi connectivity index (χ0) is 12.0. The number of urea groups is 1. The average molecular weight is 219 g/mol. The van der Waals surface area contributed by atoms with Crippen LogP contribution in [0.4, 0.5) is 10.5 Å². The molecule has 0 spiro atoms. The van der Waals surface area contributed by atoms with Gasteiger partial charge in [0, 0.05) is 5.69 Å². The van der Waals surface area contributed by atoms with Gasteiger partial charge >= 0.3 is 6.03 Å². The molecule has 0 aliphatic carbocycles. The number of aliphatic hydroxyl groups is 1. The van der Waals surface area contributed by atoms with Crippen LogP contribution in [0.3, 0.4) is 0 Å². The number of nitrogens with zero attached hydrogens (tertiary/aromatic N) is 1. The van der Waals surface area contributed by atoms with E-state index in [2.05, 4.69) is 10.6 Å². The minimum atomic E-state index is -0.406. The maximum atomic E-state index is 11.4. The summed E-state index contributed by atoms with van der Waals surface area (Å²) in [5, 5.41) is 22.5. The summed E-state index contributed by atoms with van der Waals surface area (Å²) in [6, 6.07) is 7.86. The van der Waals surface area contributed by atoms with Gasteiger partial charge in [0.15, 0.2) is 0 Å². The first-order valence-electron chi connectivity index (χ1n) is 4.84. The van der Waals surface area contributed by atoms with Gasteiger partial charge in [0.05, 0.1) is 24.3 Å². The number of hydrogen-bond donors (Lipinski definition) is 3. The summed E-state index contributed by atoms with van der Waals surface area (Å²) in [5.74, 6) is 0. The van der Waals surface area contributed by atoms with Crippen LogP contribution in [-0.2, 0) is 0 Å². The predicted octanol–water partition coefficient (Wildman–Crippen LogP) is 1.06. The van der Waals surface area contributed by atoms with Crippen LogP contribution in [-0.4, -0.2) is 23.8 Å². The summed E-state index contributed by atoms with van der Waals surface area (Å²) in [4.78, 5) is 11.4. The normalized spacial score (nSPS) is 11.3. The van der Waals surface area contributed by atoms with Crippen molar-refractivity contribution in [1.82, 2.24) is 5.32 Å². The first kappa shape index (κ1) is 12.0. The van der Waals surface area contributed by atoms with Crippen LogP contribution in [0.25, 0.3) is 0 Å². The minimum Gasteiger partial charge on any atom is -0.394 e. The summed E-state index contributed by atoms with van der Waals surface area (Å²) in [7, 11) is 0. The summed E-state index contributed by atoms with van der Waals surface area (Å²) >= 11 is 0. The quantitative estimate of drug-likeness (QED) is 0.710. The molecule has 2 amide bonds. The molecule has 1 rings (SSSR count). The van der Waals surface area contributed by atoms with E-state index in [0.717, 1.165) is 0 Å². The molecular weight excluding hydrogens is 206 g/mol. The van der Waals surface area contributed by atoms with Crippen molar-refractivity contribution in [2.45, 2.75) is 13.0 Å². The van der Waals surface area contributed by atoms with Gasteiger partial charge in [0.1, 0.15) is 0 Å². The number of nitriles is 1. The van der Waals surface area contributed by atoms with Gasteiger partial charge in [-0.2, -0.15) is 5.26 Å². The third-order valence-corrected chi connectivity index (χ3v) is 1.90. The molecule has 1 aromatic carbocycles. The van der Waals surface area contributed by atoms with Crippen molar-refractivity contribution in [1.29, 1.82) is 5.26 Å². The number of amides is 2. The van der Waals surface area contributed by atoms with Crippen LogP contribution in [0.1, 0.15) is 12.5 Å². The molecule has 5 nitrogen and oxygen atoms in total. The van der Waals surface area contributed by atoms with Gasteiger partial charge in [-0.15, -0.1) is 0 Å². The molecule has 0 aromatic heterocycles. The van der Waals surface area contributed by atoms with E-state index < -0.39 is 6.03 Å². The van der Waals surface area contributed by atoms with E-state index in [1.54, 1.807) is 31.2 Å². The molecular formula is C11H13N3O2. The highest BCUT2D eigenvalue weighted by Gasteiger charge is 2.05. The summed E-state index contributed by atoms with van der Waals surface area (Å²) in [6.45, 7) is 1.57. The highest BCUT2D eigenvalue weighted by atomic mass is 16.3. The summed E-state index contributed by atoms with van der Waals surface area (Å²) < 4.78 is 0. The predicted molar refractivity (Wildman–Crippen MR) is 59.9 cm³/mol. The van der Waals surface area contributed by atoms with Crippen LogP contribution in [0.2, 0.25) is 0 Å². The third-order valence-electron chi connectivity index (χ3n) is 1.90. The van der Waals surface area contributed by atoms with Gasteiger partial charge < -0.3 is 15.7 Å². The number of carbonyl (C=O) groups is 1. The summed E-state index contributed by atoms with van der Waals surface area (Å²) in [5.41, 5.74) is 1.02. The summed E-state index contributed by atoms with van der Waals surface area (Å²) in [6.07, 6.45) is 0. The average Bonchev–Trinajstić information content (AvgIpc) is 2.28. The topological polar surface area (TPSA) is 85.2 Å². The van der Waals surface area contributed by atoms with Gasteiger partial charge in [-0.25, -0.2) is 4.79 Å². The fourth-order valence-electron chi connectivity index (χ4n) is 1.10. The zero-order valence-electron chi connectivity index (χ0n) is 8.90. The Kier molecular flexibility index (Phi) is 4.30. The Morgan fingerprint density at radius 1 is 1.62 bits per heavy atom. The molecule has 16 heavy (non-hydrogen) atoms. The van der Waals surface area contributed by atoms with Crippen LogP contribution in [0.15, 0.2) is 24.3 Å². The Bertz CT molecular complexity index is 412. The molecule has 84 valence electrons. The zero-order valence-corrected chi connectivity index (χ0v) is 8.90. The third kappa shape index (κ3) is 3.59. The largest absolute Gasteiger partial charge is 0.394 e. The lowest BCUT2D eigenvalue weighted by Crippen LogP contribution is -2.38. The van der Waals surface area contributed by atoms with Crippen molar-refractivity contribution in [3.63, 3.8) is 0 Å². The first-order chi connectivity index (χ1) is 7.65. The van der Waals surface area contributed by atoms with Gasteiger partial charge in [0.2, 0.25) is 0 Å². The van der Waals surface area contributed by atoms with Gasteiger partial charge in [-0.05, 0) is 25.1 Å². The van der Waals surface area contributed by atoms with E-state index in [1.807, 2.05) is 6.07 Å². The van der Waals surface area contributed by atoms with E-state index in [4.69, 9.17) is 10.4 Å². The van der Waals surface area contributed by atoms with Gasteiger partial charge in [-0.3, -0.25) is 0 Å². The monoisotopic (exact) mass is 219 g/mol. The van der Waals surface area contributed by atoms with Crippen LogP contribution >= 0.6 is 0 Å². The number of rotatable bonds is 3. The second kappa shape index (κ2) is 5.73. The molecule has 0 saturated carbocycles. The molecule has 0 radical (unpaired) electrons. The van der Waals surface area contributed by atoms with Crippen LogP contribution in [0.5, 0.6) is 0 Å². The van der Waals surface area contributed by atoms with Crippen molar-refractivity contribution in [2.24, 2.45) is 0 Å². The van der Waals surface area contributed by atoms with E-state index in [1.165, 1.54) is 0 Å². The van der Waals surface area contributed by atoms with Gasteiger partial charge in [-0.1, -0.05) is 6.07 Å². The molecule has 0 fully saturated rings. The molecule has 0 bridgehead atoms. The van der Waals surface area contributed by atoms with Crippen molar-refractivity contribution >= 4 is 11.7 Å². The maximum Gasteiger partial charge on any atom is 0.319 e. The second-order valence-electron chi connectivity index (χ2n) is 3.37. The Morgan fingerprint density at radius 2 is 2.38 bits per heavy atom. The minimum absolute atomic E-state index is 0.119. The first-order valence-corrected chi connectivity index (χ1v) is 4.84. The standard InChI is InChI=1S/C11H13N3O2/c1-8(7-15)13-11(16)14-10-4-2-3-9(5-10)6-12/h2-5,8,15H,7H2,1H3,(H2,13,14,16)/t8-/m0/s1. The molecule has 0 unspecified atom stereocenters. The molecule has 1 aromatic rings. The maximum absolute atomic E-state index is 11.4. The Balaban J connectivity index is 2.60. The fourth-order valence-corrected chi connectivity index (χ4v) is 1.10. The lowest BCUT2D eigenvalue weighted by molar-refractivity contribution is 0.229. The second-order valence-corrected chi connectivity index (χ2v) is 3.37. The number of aliphatic hydroxyl groups excluding tert-OH is 1. The number of hydrogen-bond acceptors (Lipinski definition) is 3. The number of anilines is 1. The number of nitrogens with one attached hydrogen (secondary N) is 2. The molecule has 1 atom stereocenters. The molecule has 5 heteroatoms. The Labute approximate surface area is 93.7 Å². The highest BCUT2D eigenvalue weighted by molar-refractivity contribution is 5.89. The van der Waals surface area contributed by atoms with Crippen molar-refractivity contribution in [3.05, 3.63) is 29.8 Å². The van der Waals surface area contributed by atoms with Crippen LogP contribution in [0, 0.1) is 11.3 Å². The van der Waals surface area contributed by atoms with Gasteiger partial charge in [0.25, 0.3) is 0 Å². The number of benzene rings is 1. The van der Waals surface area contributed by atoms with Crippen molar-refractivity contribution in [3.8, 4) is 6.07 Å². The van der Waals surface area contributed by atoms with E-state index >= 15 is 0 Å². The van der Waals surface area contributed by atoms with Crippen LogP contribution < -0.4 is 10.6 Å². The Morgan fingerprint density at radius 3 is 3.00 bits per heavy atom. The van der Waals surface area contributed by atoms with E-state index in [9.17, 15) is 4.79 Å². The van der Waals surface area contributed by atoms with E-state index in [-0.39, 0.29) is 12.6 Å². The molecule has 0 saturated heterocycles. The number of carbonyl (C=O) groups excluding carboxylic acids is 1. The highest BCUT2D eigenvalue weighted by Crippen LogP contribution is 2.09. The molecule has 3 N–H and O–H groups in total. The molecule has 0 aliphatic rings.